The van der Waals surface area contributed by atoms with E-state index in [1.165, 1.54) is 0 Å². The summed E-state index contributed by atoms with van der Waals surface area (Å²) >= 11 is 0. The van der Waals surface area contributed by atoms with E-state index in [4.69, 9.17) is 10.5 Å². The Hall–Kier alpha value is -1.07. The van der Waals surface area contributed by atoms with Crippen LogP contribution in [0.1, 0.15) is 37.4 Å². The molecule has 1 aromatic carbocycles. The summed E-state index contributed by atoms with van der Waals surface area (Å²) in [6.07, 6.45) is 0.637. The van der Waals surface area contributed by atoms with E-state index in [9.17, 15) is 8.42 Å². The molecule has 0 amide bonds. The first-order valence-electron chi connectivity index (χ1n) is 6.55. The van der Waals surface area contributed by atoms with Crippen molar-refractivity contribution in [1.29, 1.82) is 0 Å². The molecule has 0 saturated heterocycles. The van der Waals surface area contributed by atoms with Crippen molar-refractivity contribution in [3.05, 3.63) is 29.3 Å². The molecular weight excluding hydrogens is 262 g/mol. The first kappa shape index (κ1) is 16.0. The third kappa shape index (κ3) is 5.20. The molecule has 0 aromatic heterocycles. The van der Waals surface area contributed by atoms with Crippen LogP contribution in [-0.2, 0) is 9.84 Å². The van der Waals surface area contributed by atoms with Crippen molar-refractivity contribution in [1.82, 2.24) is 0 Å². The Morgan fingerprint density at radius 3 is 2.58 bits per heavy atom. The Kier molecular flexibility index (Phi) is 5.82. The van der Waals surface area contributed by atoms with E-state index in [1.807, 2.05) is 39.0 Å². The zero-order valence-electron chi connectivity index (χ0n) is 11.8. The molecule has 0 heterocycles. The predicted molar refractivity (Wildman–Crippen MR) is 78.2 cm³/mol. The van der Waals surface area contributed by atoms with Crippen molar-refractivity contribution >= 4 is 9.84 Å². The van der Waals surface area contributed by atoms with Crippen molar-refractivity contribution in [2.75, 3.05) is 18.1 Å². The Morgan fingerprint density at radius 2 is 2.00 bits per heavy atom. The maximum absolute atomic E-state index is 11.6. The van der Waals surface area contributed by atoms with Crippen LogP contribution < -0.4 is 10.5 Å². The van der Waals surface area contributed by atoms with E-state index >= 15 is 0 Å². The minimum Gasteiger partial charge on any atom is -0.492 e. The normalized spacial score (nSPS) is 13.3. The van der Waals surface area contributed by atoms with Gasteiger partial charge in [-0.2, -0.15) is 0 Å². The maximum atomic E-state index is 11.6. The van der Waals surface area contributed by atoms with Gasteiger partial charge in [0.1, 0.15) is 12.4 Å². The molecule has 0 bridgehead atoms. The fraction of sp³-hybridized carbons (Fsp3) is 0.571. The van der Waals surface area contributed by atoms with Crippen LogP contribution in [0, 0.1) is 6.92 Å². The molecule has 0 radical (unpaired) electrons. The molecule has 0 aliphatic carbocycles. The summed E-state index contributed by atoms with van der Waals surface area (Å²) in [6, 6.07) is 5.66. The highest BCUT2D eigenvalue weighted by atomic mass is 32.2. The molecule has 4 nitrogen and oxygen atoms in total. The summed E-state index contributed by atoms with van der Waals surface area (Å²) < 4.78 is 28.8. The first-order chi connectivity index (χ1) is 8.85. The SMILES string of the molecule is CCCS(=O)(=O)CCOc1cc(C)ccc1[C@H](C)N. The average Bonchev–Trinajstić information content (AvgIpc) is 2.28. The van der Waals surface area contributed by atoms with Crippen LogP contribution in [-0.4, -0.2) is 26.5 Å². The van der Waals surface area contributed by atoms with Gasteiger partial charge in [-0.05, 0) is 31.9 Å². The van der Waals surface area contributed by atoms with Gasteiger partial charge < -0.3 is 10.5 Å². The molecule has 5 heteroatoms. The fourth-order valence-electron chi connectivity index (χ4n) is 1.83. The summed E-state index contributed by atoms with van der Waals surface area (Å²) in [4.78, 5) is 0. The summed E-state index contributed by atoms with van der Waals surface area (Å²) in [6.45, 7) is 5.87. The molecule has 1 atom stereocenters. The maximum Gasteiger partial charge on any atom is 0.153 e. The number of sulfone groups is 1. The van der Waals surface area contributed by atoms with E-state index < -0.39 is 9.84 Å². The van der Waals surface area contributed by atoms with Crippen LogP contribution in [0.5, 0.6) is 5.75 Å². The number of rotatable bonds is 7. The molecular formula is C14H23NO3S. The van der Waals surface area contributed by atoms with Gasteiger partial charge in [0.2, 0.25) is 0 Å². The number of hydrogen-bond donors (Lipinski definition) is 1. The Balaban J connectivity index is 2.70. The molecule has 1 aromatic rings. The minimum atomic E-state index is -3.00. The third-order valence-electron chi connectivity index (χ3n) is 2.83. The van der Waals surface area contributed by atoms with Gasteiger partial charge in [0.05, 0.1) is 11.5 Å². The number of benzene rings is 1. The molecule has 0 aliphatic heterocycles. The van der Waals surface area contributed by atoms with E-state index in [2.05, 4.69) is 0 Å². The Morgan fingerprint density at radius 1 is 1.32 bits per heavy atom. The van der Waals surface area contributed by atoms with Crippen LogP contribution in [0.25, 0.3) is 0 Å². The molecule has 0 spiro atoms. The molecule has 0 unspecified atom stereocenters. The van der Waals surface area contributed by atoms with Gasteiger partial charge in [-0.1, -0.05) is 19.1 Å². The van der Waals surface area contributed by atoms with E-state index in [-0.39, 0.29) is 24.2 Å². The number of hydrogen-bond acceptors (Lipinski definition) is 4. The van der Waals surface area contributed by atoms with Gasteiger partial charge in [0.15, 0.2) is 9.84 Å². The fourth-order valence-corrected chi connectivity index (χ4v) is 3.00. The lowest BCUT2D eigenvalue weighted by Crippen LogP contribution is -2.17. The smallest absolute Gasteiger partial charge is 0.153 e. The highest BCUT2D eigenvalue weighted by Crippen LogP contribution is 2.25. The van der Waals surface area contributed by atoms with Gasteiger partial charge in [-0.15, -0.1) is 0 Å². The van der Waals surface area contributed by atoms with Crippen molar-refractivity contribution in [2.45, 2.75) is 33.2 Å². The minimum absolute atomic E-state index is 0.0488. The molecule has 2 N–H and O–H groups in total. The molecule has 0 saturated carbocycles. The largest absolute Gasteiger partial charge is 0.492 e. The number of aryl methyl sites for hydroxylation is 1. The molecule has 0 fully saturated rings. The van der Waals surface area contributed by atoms with Gasteiger partial charge >= 0.3 is 0 Å². The Labute approximate surface area is 115 Å². The second kappa shape index (κ2) is 6.91. The van der Waals surface area contributed by atoms with Crippen molar-refractivity contribution < 1.29 is 13.2 Å². The lowest BCUT2D eigenvalue weighted by molar-refractivity contribution is 0.335. The van der Waals surface area contributed by atoms with Gasteiger partial charge in [0, 0.05) is 11.6 Å². The monoisotopic (exact) mass is 285 g/mol. The standard InChI is InChI=1S/C14H23NO3S/c1-4-8-19(16,17)9-7-18-14-10-11(2)5-6-13(14)12(3)15/h5-6,10,12H,4,7-9,15H2,1-3H3/t12-/m0/s1. The molecule has 1 rings (SSSR count). The Bertz CT molecular complexity index is 509. The topological polar surface area (TPSA) is 69.4 Å². The van der Waals surface area contributed by atoms with E-state index in [1.54, 1.807) is 0 Å². The summed E-state index contributed by atoms with van der Waals surface area (Å²) in [7, 11) is -3.00. The molecule has 0 aliphatic rings. The van der Waals surface area contributed by atoms with Crippen LogP contribution in [0.4, 0.5) is 0 Å². The second-order valence-corrected chi connectivity index (χ2v) is 7.13. The zero-order valence-corrected chi connectivity index (χ0v) is 12.7. The van der Waals surface area contributed by atoms with Crippen LogP contribution in [0.3, 0.4) is 0 Å². The summed E-state index contributed by atoms with van der Waals surface area (Å²) in [5.74, 6) is 0.944. The predicted octanol–water partition coefficient (Wildman–Crippen LogP) is 2.22. The van der Waals surface area contributed by atoms with Gasteiger partial charge in [-0.3, -0.25) is 0 Å². The summed E-state index contributed by atoms with van der Waals surface area (Å²) in [5, 5.41) is 0. The average molecular weight is 285 g/mol. The highest BCUT2D eigenvalue weighted by molar-refractivity contribution is 7.91. The van der Waals surface area contributed by atoms with Gasteiger partial charge in [-0.25, -0.2) is 8.42 Å². The van der Waals surface area contributed by atoms with Crippen LogP contribution >= 0.6 is 0 Å². The van der Waals surface area contributed by atoms with Crippen molar-refractivity contribution in [2.24, 2.45) is 5.73 Å². The van der Waals surface area contributed by atoms with Gasteiger partial charge in [0.25, 0.3) is 0 Å². The number of nitrogens with two attached hydrogens (primary N) is 1. The second-order valence-electron chi connectivity index (χ2n) is 4.83. The summed E-state index contributed by atoms with van der Waals surface area (Å²) in [5.41, 5.74) is 7.84. The molecule has 19 heavy (non-hydrogen) atoms. The van der Waals surface area contributed by atoms with Crippen molar-refractivity contribution in [3.63, 3.8) is 0 Å². The van der Waals surface area contributed by atoms with E-state index in [0.29, 0.717) is 12.2 Å². The van der Waals surface area contributed by atoms with Crippen LogP contribution in [0.15, 0.2) is 18.2 Å². The first-order valence-corrected chi connectivity index (χ1v) is 8.37. The quantitative estimate of drug-likeness (QED) is 0.834. The highest BCUT2D eigenvalue weighted by Gasteiger charge is 2.12. The zero-order chi connectivity index (χ0) is 14.5. The van der Waals surface area contributed by atoms with Crippen LogP contribution in [0.2, 0.25) is 0 Å². The van der Waals surface area contributed by atoms with E-state index in [0.717, 1.165) is 11.1 Å². The lowest BCUT2D eigenvalue weighted by Gasteiger charge is -2.14. The number of ether oxygens (including phenoxy) is 1. The lowest BCUT2D eigenvalue weighted by atomic mass is 10.1. The molecule has 108 valence electrons. The third-order valence-corrected chi connectivity index (χ3v) is 4.65. The van der Waals surface area contributed by atoms with Crippen molar-refractivity contribution in [3.8, 4) is 5.75 Å².